The van der Waals surface area contributed by atoms with Crippen LogP contribution in [0.15, 0.2) is 47.8 Å². The van der Waals surface area contributed by atoms with E-state index >= 15 is 0 Å². The number of carbonyl (C=O) groups excluding carboxylic acids is 2. The first-order chi connectivity index (χ1) is 14.9. The number of benzene rings is 2. The van der Waals surface area contributed by atoms with Crippen molar-refractivity contribution in [2.75, 3.05) is 11.9 Å². The highest BCUT2D eigenvalue weighted by atomic mass is 35.5. The van der Waals surface area contributed by atoms with E-state index < -0.39 is 0 Å². The summed E-state index contributed by atoms with van der Waals surface area (Å²) in [6, 6.07) is 12.5. The summed E-state index contributed by atoms with van der Waals surface area (Å²) >= 11 is 7.68. The molecule has 0 aliphatic heterocycles. The molecule has 1 aromatic heterocycles. The number of hydrogen-bond donors (Lipinski definition) is 2. The zero-order chi connectivity index (χ0) is 22.4. The maximum Gasteiger partial charge on any atom is 0.251 e. The first-order valence-corrected chi connectivity index (χ1v) is 11.2. The van der Waals surface area contributed by atoms with Crippen molar-refractivity contribution in [1.82, 2.24) is 10.3 Å². The summed E-state index contributed by atoms with van der Waals surface area (Å²) < 4.78 is 5.46. The molecular formula is C23H24ClN3O3S. The maximum atomic E-state index is 12.5. The Morgan fingerprint density at radius 2 is 1.90 bits per heavy atom. The Morgan fingerprint density at radius 1 is 1.16 bits per heavy atom. The molecule has 0 saturated carbocycles. The summed E-state index contributed by atoms with van der Waals surface area (Å²) in [5.74, 6) is 0.331. The van der Waals surface area contributed by atoms with E-state index in [1.165, 1.54) is 11.3 Å². The molecule has 162 valence electrons. The number of ether oxygens (including phenoxy) is 1. The molecule has 0 bridgehead atoms. The van der Waals surface area contributed by atoms with Gasteiger partial charge in [0.1, 0.15) is 10.8 Å². The van der Waals surface area contributed by atoms with Crippen LogP contribution in [-0.2, 0) is 11.2 Å². The van der Waals surface area contributed by atoms with Gasteiger partial charge in [0.2, 0.25) is 5.91 Å². The Labute approximate surface area is 190 Å². The number of thiazole rings is 1. The largest absolute Gasteiger partial charge is 0.494 e. The fourth-order valence-electron chi connectivity index (χ4n) is 2.85. The van der Waals surface area contributed by atoms with E-state index in [-0.39, 0.29) is 24.3 Å². The molecule has 0 atom stereocenters. The van der Waals surface area contributed by atoms with Crippen LogP contribution < -0.4 is 15.4 Å². The monoisotopic (exact) mass is 457 g/mol. The molecule has 0 radical (unpaired) electrons. The van der Waals surface area contributed by atoms with E-state index in [0.717, 1.165) is 16.3 Å². The van der Waals surface area contributed by atoms with Crippen LogP contribution in [0.5, 0.6) is 5.75 Å². The van der Waals surface area contributed by atoms with Gasteiger partial charge in [-0.15, -0.1) is 11.3 Å². The lowest BCUT2D eigenvalue weighted by Crippen LogP contribution is -2.30. The van der Waals surface area contributed by atoms with E-state index in [1.54, 1.807) is 18.2 Å². The first kappa shape index (κ1) is 22.8. The van der Waals surface area contributed by atoms with Gasteiger partial charge in [0.05, 0.1) is 29.4 Å². The molecule has 31 heavy (non-hydrogen) atoms. The van der Waals surface area contributed by atoms with E-state index in [0.29, 0.717) is 28.6 Å². The lowest BCUT2D eigenvalue weighted by molar-refractivity contribution is -0.115. The minimum absolute atomic E-state index is 0.00968. The molecular weight excluding hydrogens is 434 g/mol. The molecule has 0 fully saturated rings. The second kappa shape index (κ2) is 10.4. The van der Waals surface area contributed by atoms with Crippen LogP contribution in [-0.4, -0.2) is 29.4 Å². The van der Waals surface area contributed by atoms with Gasteiger partial charge in [-0.3, -0.25) is 9.59 Å². The van der Waals surface area contributed by atoms with Crippen molar-refractivity contribution in [2.24, 2.45) is 0 Å². The highest BCUT2D eigenvalue weighted by molar-refractivity contribution is 7.13. The summed E-state index contributed by atoms with van der Waals surface area (Å²) in [5.41, 5.74) is 2.45. The second-order valence-corrected chi connectivity index (χ2v) is 8.41. The number of aromatic nitrogens is 1. The molecule has 6 nitrogen and oxygen atoms in total. The molecule has 3 aromatic rings. The SMILES string of the molecule is CCOc1ccc(-c2nc(CC(=O)Nc3cc(C(=O)NC(C)C)ccc3Cl)cs2)cc1. The van der Waals surface area contributed by atoms with Crippen molar-refractivity contribution in [3.63, 3.8) is 0 Å². The van der Waals surface area contributed by atoms with Crippen LogP contribution in [0.1, 0.15) is 36.8 Å². The van der Waals surface area contributed by atoms with Crippen molar-refractivity contribution < 1.29 is 14.3 Å². The van der Waals surface area contributed by atoms with Gasteiger partial charge in [-0.1, -0.05) is 11.6 Å². The van der Waals surface area contributed by atoms with Gasteiger partial charge in [-0.25, -0.2) is 4.98 Å². The number of nitrogens with zero attached hydrogens (tertiary/aromatic N) is 1. The van der Waals surface area contributed by atoms with Gasteiger partial charge in [0, 0.05) is 22.5 Å². The Balaban J connectivity index is 1.65. The Bertz CT molecular complexity index is 1060. The van der Waals surface area contributed by atoms with E-state index in [9.17, 15) is 9.59 Å². The van der Waals surface area contributed by atoms with Crippen molar-refractivity contribution in [2.45, 2.75) is 33.2 Å². The summed E-state index contributed by atoms with van der Waals surface area (Å²) in [4.78, 5) is 29.3. The van der Waals surface area contributed by atoms with E-state index in [4.69, 9.17) is 16.3 Å². The second-order valence-electron chi connectivity index (χ2n) is 7.15. The molecule has 0 unspecified atom stereocenters. The zero-order valence-corrected chi connectivity index (χ0v) is 19.1. The fraction of sp³-hybridized carbons (Fsp3) is 0.261. The number of rotatable bonds is 8. The topological polar surface area (TPSA) is 80.3 Å². The summed E-state index contributed by atoms with van der Waals surface area (Å²) in [6.07, 6.45) is 0.103. The Morgan fingerprint density at radius 3 is 2.58 bits per heavy atom. The lowest BCUT2D eigenvalue weighted by Gasteiger charge is -2.11. The zero-order valence-electron chi connectivity index (χ0n) is 17.6. The van der Waals surface area contributed by atoms with Crippen molar-refractivity contribution in [1.29, 1.82) is 0 Å². The number of nitrogens with one attached hydrogen (secondary N) is 2. The lowest BCUT2D eigenvalue weighted by atomic mass is 10.1. The van der Waals surface area contributed by atoms with Crippen molar-refractivity contribution in [3.8, 4) is 16.3 Å². The predicted molar refractivity (Wildman–Crippen MR) is 125 cm³/mol. The van der Waals surface area contributed by atoms with Gasteiger partial charge in [-0.2, -0.15) is 0 Å². The summed E-state index contributed by atoms with van der Waals surface area (Å²) in [6.45, 7) is 6.32. The molecule has 1 heterocycles. The normalized spacial score (nSPS) is 10.7. The molecule has 0 spiro atoms. The fourth-order valence-corrected chi connectivity index (χ4v) is 3.84. The minimum Gasteiger partial charge on any atom is -0.494 e. The molecule has 2 amide bonds. The summed E-state index contributed by atoms with van der Waals surface area (Å²) in [7, 11) is 0. The average molecular weight is 458 g/mol. The van der Waals surface area contributed by atoms with Gasteiger partial charge in [0.25, 0.3) is 5.91 Å². The van der Waals surface area contributed by atoms with Gasteiger partial charge in [-0.05, 0) is 63.2 Å². The van der Waals surface area contributed by atoms with Crippen molar-refractivity contribution >= 4 is 40.4 Å². The predicted octanol–water partition coefficient (Wildman–Crippen LogP) is 5.18. The number of anilines is 1. The Hall–Kier alpha value is -2.90. The quantitative estimate of drug-likeness (QED) is 0.488. The smallest absolute Gasteiger partial charge is 0.251 e. The van der Waals surface area contributed by atoms with Crippen LogP contribution in [0.4, 0.5) is 5.69 Å². The van der Waals surface area contributed by atoms with Crippen LogP contribution in [0.2, 0.25) is 5.02 Å². The molecule has 8 heteroatoms. The molecule has 0 aliphatic rings. The average Bonchev–Trinajstić information content (AvgIpc) is 3.18. The number of halogens is 1. The maximum absolute atomic E-state index is 12.5. The van der Waals surface area contributed by atoms with Crippen LogP contribution in [0, 0.1) is 0 Å². The van der Waals surface area contributed by atoms with E-state index in [1.807, 2.05) is 50.4 Å². The first-order valence-electron chi connectivity index (χ1n) is 9.93. The minimum atomic E-state index is -0.258. The van der Waals surface area contributed by atoms with Crippen LogP contribution in [0.25, 0.3) is 10.6 Å². The molecule has 3 rings (SSSR count). The Kier molecular flexibility index (Phi) is 7.65. The number of hydrogen-bond acceptors (Lipinski definition) is 5. The molecule has 0 saturated heterocycles. The molecule has 2 N–H and O–H groups in total. The van der Waals surface area contributed by atoms with Crippen molar-refractivity contribution in [3.05, 3.63) is 64.1 Å². The van der Waals surface area contributed by atoms with Gasteiger partial charge >= 0.3 is 0 Å². The standard InChI is InChI=1S/C23H24ClN3O3S/c1-4-30-18-8-5-15(6-9-18)23-26-17(13-31-23)12-21(28)27-20-11-16(7-10-19(20)24)22(29)25-14(2)3/h5-11,13-14H,4,12H2,1-3H3,(H,25,29)(H,27,28). The van der Waals surface area contributed by atoms with Gasteiger partial charge < -0.3 is 15.4 Å². The third-order valence-electron chi connectivity index (χ3n) is 4.23. The molecule has 0 aliphatic carbocycles. The summed E-state index contributed by atoms with van der Waals surface area (Å²) in [5, 5.41) is 8.65. The third kappa shape index (κ3) is 6.29. The van der Waals surface area contributed by atoms with Crippen LogP contribution in [0.3, 0.4) is 0 Å². The van der Waals surface area contributed by atoms with E-state index in [2.05, 4.69) is 15.6 Å². The van der Waals surface area contributed by atoms with Gasteiger partial charge in [0.15, 0.2) is 0 Å². The molecule has 2 aromatic carbocycles. The third-order valence-corrected chi connectivity index (χ3v) is 5.50. The number of carbonyl (C=O) groups is 2. The highest BCUT2D eigenvalue weighted by Crippen LogP contribution is 2.27. The number of amides is 2. The highest BCUT2D eigenvalue weighted by Gasteiger charge is 2.14. The van der Waals surface area contributed by atoms with Crippen LogP contribution >= 0.6 is 22.9 Å².